The largest absolute Gasteiger partial charge is 0.494 e. The van der Waals surface area contributed by atoms with Gasteiger partial charge in [0.1, 0.15) is 29.5 Å². The Balaban J connectivity index is 1.69. The van der Waals surface area contributed by atoms with Gasteiger partial charge in [-0.2, -0.15) is 15.2 Å². The van der Waals surface area contributed by atoms with Gasteiger partial charge in [-0.05, 0) is 38.8 Å². The molecule has 3 aromatic rings. The molecule has 0 spiro atoms. The van der Waals surface area contributed by atoms with Crippen LogP contribution in [-0.2, 0) is 4.74 Å². The summed E-state index contributed by atoms with van der Waals surface area (Å²) in [5, 5.41) is 27.0. The van der Waals surface area contributed by atoms with Gasteiger partial charge in [0.05, 0.1) is 35.9 Å². The number of H-pyrrole nitrogens is 1. The Bertz CT molecular complexity index is 1180. The van der Waals surface area contributed by atoms with Gasteiger partial charge in [0.25, 0.3) is 0 Å². The number of anilines is 4. The number of benzene rings is 1. The van der Waals surface area contributed by atoms with Crippen molar-refractivity contribution in [2.24, 2.45) is 0 Å². The quantitative estimate of drug-likeness (QED) is 0.407. The predicted molar refractivity (Wildman–Crippen MR) is 127 cm³/mol. The summed E-state index contributed by atoms with van der Waals surface area (Å²) in [5.74, 6) is 1.48. The molecule has 4 rings (SSSR count). The monoisotopic (exact) mass is 451 g/mol. The van der Waals surface area contributed by atoms with Crippen molar-refractivity contribution in [3.8, 4) is 11.8 Å². The fraction of sp³-hybridized carbons (Fsp3) is 0.435. The van der Waals surface area contributed by atoms with Crippen molar-refractivity contribution in [2.45, 2.75) is 38.5 Å². The lowest BCUT2D eigenvalue weighted by molar-refractivity contribution is 0.158. The zero-order chi connectivity index (χ0) is 23.6. The second-order valence-corrected chi connectivity index (χ2v) is 8.70. The number of fused-ring (bicyclic) bond motifs is 1. The molecule has 1 aliphatic heterocycles. The molecule has 2 aromatic heterocycles. The van der Waals surface area contributed by atoms with E-state index in [0.29, 0.717) is 46.4 Å². The highest BCUT2D eigenvalue weighted by molar-refractivity contribution is 5.94. The first kappa shape index (κ1) is 22.6. The second-order valence-electron chi connectivity index (χ2n) is 8.70. The number of hydrogen-bond acceptors (Lipinski definition) is 9. The molecular weight excluding hydrogens is 422 g/mol. The molecule has 10 nitrogen and oxygen atoms in total. The van der Waals surface area contributed by atoms with Gasteiger partial charge in [0.2, 0.25) is 5.95 Å². The van der Waals surface area contributed by atoms with Crippen molar-refractivity contribution in [3.63, 3.8) is 0 Å². The lowest BCUT2D eigenvalue weighted by Crippen LogP contribution is -2.36. The molecule has 1 aliphatic rings. The molecule has 1 unspecified atom stereocenters. The van der Waals surface area contributed by atoms with Gasteiger partial charge >= 0.3 is 0 Å². The fourth-order valence-corrected chi connectivity index (χ4v) is 4.12. The lowest BCUT2D eigenvalue weighted by Gasteiger charge is -2.26. The Kier molecular flexibility index (Phi) is 6.26. The van der Waals surface area contributed by atoms with Crippen molar-refractivity contribution < 1.29 is 14.6 Å². The van der Waals surface area contributed by atoms with E-state index in [2.05, 4.69) is 31.7 Å². The number of nitrogens with zero attached hydrogens (tertiary/aromatic N) is 4. The van der Waals surface area contributed by atoms with Crippen LogP contribution in [0.4, 0.5) is 23.1 Å². The summed E-state index contributed by atoms with van der Waals surface area (Å²) in [6, 6.07) is 7.88. The van der Waals surface area contributed by atoms with Crippen LogP contribution in [0.3, 0.4) is 0 Å². The van der Waals surface area contributed by atoms with E-state index in [4.69, 9.17) is 9.47 Å². The van der Waals surface area contributed by atoms with Gasteiger partial charge in [-0.15, -0.1) is 0 Å². The fourth-order valence-electron chi connectivity index (χ4n) is 4.12. The summed E-state index contributed by atoms with van der Waals surface area (Å²) in [7, 11) is 3.24. The van der Waals surface area contributed by atoms with Gasteiger partial charge < -0.3 is 35.1 Å². The smallest absolute Gasteiger partial charge is 0.231 e. The van der Waals surface area contributed by atoms with Crippen LogP contribution in [0.15, 0.2) is 24.4 Å². The molecule has 0 bridgehead atoms. The molecular formula is C23H29N7O3. The van der Waals surface area contributed by atoms with Crippen molar-refractivity contribution in [3.05, 3.63) is 30.0 Å². The van der Waals surface area contributed by atoms with Crippen LogP contribution >= 0.6 is 0 Å². The molecule has 0 aliphatic carbocycles. The van der Waals surface area contributed by atoms with E-state index in [1.807, 2.05) is 36.9 Å². The number of aliphatic hydroxyl groups excluding tert-OH is 1. The van der Waals surface area contributed by atoms with Gasteiger partial charge in [-0.25, -0.2) is 0 Å². The van der Waals surface area contributed by atoms with E-state index in [0.717, 1.165) is 25.1 Å². The molecule has 0 radical (unpaired) electrons. The predicted octanol–water partition coefficient (Wildman–Crippen LogP) is 3.34. The Morgan fingerprint density at radius 1 is 1.33 bits per heavy atom. The Morgan fingerprint density at radius 3 is 2.82 bits per heavy atom. The van der Waals surface area contributed by atoms with Crippen LogP contribution in [0.1, 0.15) is 32.3 Å². The molecule has 1 aromatic carbocycles. The summed E-state index contributed by atoms with van der Waals surface area (Å²) in [5.41, 5.74) is 2.15. The molecule has 3 heterocycles. The molecule has 174 valence electrons. The first-order valence-electron chi connectivity index (χ1n) is 10.8. The number of methoxy groups -OCH3 is 2. The molecule has 0 saturated carbocycles. The number of aliphatic hydroxyl groups is 1. The third kappa shape index (κ3) is 4.65. The number of nitrogens with one attached hydrogen (secondary N) is 3. The maximum atomic E-state index is 10.2. The summed E-state index contributed by atoms with van der Waals surface area (Å²) in [6.07, 6.45) is 2.85. The Hall–Kier alpha value is -3.55. The summed E-state index contributed by atoms with van der Waals surface area (Å²) < 4.78 is 10.9. The SMILES string of the molecule is COCC(C)(C)Nc1nc(Nc2ccc(N3CCCC3O)cc2OC)nc2[nH]cc(C#N)c12. The van der Waals surface area contributed by atoms with Gasteiger partial charge in [0.15, 0.2) is 0 Å². The van der Waals surface area contributed by atoms with E-state index in [1.54, 1.807) is 20.4 Å². The average molecular weight is 452 g/mol. The molecule has 1 atom stereocenters. The van der Waals surface area contributed by atoms with E-state index < -0.39 is 11.8 Å². The normalized spacial score (nSPS) is 16.1. The first-order valence-corrected chi connectivity index (χ1v) is 10.8. The molecule has 1 fully saturated rings. The zero-order valence-electron chi connectivity index (χ0n) is 19.3. The van der Waals surface area contributed by atoms with E-state index in [9.17, 15) is 10.4 Å². The highest BCUT2D eigenvalue weighted by Gasteiger charge is 2.24. The van der Waals surface area contributed by atoms with Gasteiger partial charge in [-0.3, -0.25) is 0 Å². The Labute approximate surface area is 192 Å². The van der Waals surface area contributed by atoms with Crippen molar-refractivity contribution in [1.29, 1.82) is 5.26 Å². The minimum atomic E-state index is -0.481. The molecule has 10 heteroatoms. The van der Waals surface area contributed by atoms with Crippen LogP contribution in [-0.4, -0.2) is 59.2 Å². The van der Waals surface area contributed by atoms with Crippen LogP contribution in [0.2, 0.25) is 0 Å². The third-order valence-electron chi connectivity index (χ3n) is 5.60. The maximum Gasteiger partial charge on any atom is 0.231 e. The summed E-state index contributed by atoms with van der Waals surface area (Å²) >= 11 is 0. The average Bonchev–Trinajstić information content (AvgIpc) is 3.39. The third-order valence-corrected chi connectivity index (χ3v) is 5.60. The lowest BCUT2D eigenvalue weighted by atomic mass is 10.1. The number of aromatic nitrogens is 3. The van der Waals surface area contributed by atoms with Crippen LogP contribution in [0.5, 0.6) is 5.75 Å². The minimum Gasteiger partial charge on any atom is -0.494 e. The first-order chi connectivity index (χ1) is 15.8. The van der Waals surface area contributed by atoms with E-state index in [-0.39, 0.29) is 0 Å². The van der Waals surface area contributed by atoms with E-state index >= 15 is 0 Å². The molecule has 0 amide bonds. The summed E-state index contributed by atoms with van der Waals surface area (Å²) in [6.45, 7) is 5.23. The van der Waals surface area contributed by atoms with E-state index in [1.165, 1.54) is 0 Å². The number of hydrogen-bond donors (Lipinski definition) is 4. The number of nitriles is 1. The highest BCUT2D eigenvalue weighted by Crippen LogP contribution is 2.35. The molecule has 1 saturated heterocycles. The van der Waals surface area contributed by atoms with Crippen molar-refractivity contribution >= 4 is 34.2 Å². The zero-order valence-corrected chi connectivity index (χ0v) is 19.3. The van der Waals surface area contributed by atoms with Crippen molar-refractivity contribution in [2.75, 3.05) is 42.9 Å². The molecule has 33 heavy (non-hydrogen) atoms. The molecule has 4 N–H and O–H groups in total. The van der Waals surface area contributed by atoms with Crippen LogP contribution < -0.4 is 20.3 Å². The topological polar surface area (TPSA) is 131 Å². The van der Waals surface area contributed by atoms with Gasteiger partial charge in [-0.1, -0.05) is 0 Å². The Morgan fingerprint density at radius 2 is 2.15 bits per heavy atom. The van der Waals surface area contributed by atoms with Crippen LogP contribution in [0.25, 0.3) is 11.0 Å². The summed E-state index contributed by atoms with van der Waals surface area (Å²) in [4.78, 5) is 14.2. The standard InChI is InChI=1S/C23H29N7O3/c1-23(2,13-32-3)29-21-19-14(11-24)12-25-20(19)27-22(28-21)26-16-8-7-15(10-17(16)33-4)30-9-5-6-18(30)31/h7-8,10,12,18,31H,5-6,9,13H2,1-4H3,(H3,25,26,27,28,29). The number of aromatic amines is 1. The minimum absolute atomic E-state index is 0.344. The number of rotatable bonds is 8. The second kappa shape index (κ2) is 9.13. The highest BCUT2D eigenvalue weighted by atomic mass is 16.5. The van der Waals surface area contributed by atoms with Gasteiger partial charge in [0, 0.05) is 31.6 Å². The maximum absolute atomic E-state index is 10.2. The van der Waals surface area contributed by atoms with Crippen molar-refractivity contribution in [1.82, 2.24) is 15.0 Å². The van der Waals surface area contributed by atoms with Crippen LogP contribution in [0, 0.1) is 11.3 Å². The number of ether oxygens (including phenoxy) is 2.